The standard InChI is InChI=1S/C33H41N3O5/c1-4-13-36(14-5-2)33(39)27-16-23(3)15-26(19-27)32(38)35-28(17-25-11-12-30-31(18-25)41-22-40-30)29(37)21-34-20-24-9-7-6-8-10-24/h6-12,15-16,18-19,28-29,34,37H,4-5,13-14,17,20-22H2,1-3H3,(H,35,38)/t28-,29+/m0/s1. The molecule has 218 valence electrons. The van der Waals surface area contributed by atoms with Crippen LogP contribution in [0.1, 0.15) is 64.1 Å². The van der Waals surface area contributed by atoms with Gasteiger partial charge >= 0.3 is 0 Å². The smallest absolute Gasteiger partial charge is 0.253 e. The third kappa shape index (κ3) is 8.31. The van der Waals surface area contributed by atoms with Gasteiger partial charge in [0.2, 0.25) is 6.79 Å². The maximum atomic E-state index is 13.6. The fourth-order valence-corrected chi connectivity index (χ4v) is 5.03. The van der Waals surface area contributed by atoms with E-state index in [0.29, 0.717) is 48.7 Å². The van der Waals surface area contributed by atoms with Gasteiger partial charge < -0.3 is 30.1 Å². The Morgan fingerprint density at radius 3 is 2.34 bits per heavy atom. The molecule has 0 radical (unpaired) electrons. The number of rotatable bonds is 14. The minimum Gasteiger partial charge on any atom is -0.454 e. The molecule has 2 atom stereocenters. The van der Waals surface area contributed by atoms with Gasteiger partial charge in [-0.05, 0) is 73.2 Å². The van der Waals surface area contributed by atoms with Gasteiger partial charge in [0, 0.05) is 37.3 Å². The van der Waals surface area contributed by atoms with Crippen LogP contribution in [-0.4, -0.2) is 60.4 Å². The number of carbonyl (C=O) groups excluding carboxylic acids is 2. The fourth-order valence-electron chi connectivity index (χ4n) is 5.03. The summed E-state index contributed by atoms with van der Waals surface area (Å²) in [6, 6.07) is 20.2. The van der Waals surface area contributed by atoms with Crippen LogP contribution >= 0.6 is 0 Å². The number of amides is 2. The average molecular weight is 560 g/mol. The summed E-state index contributed by atoms with van der Waals surface area (Å²) >= 11 is 0. The van der Waals surface area contributed by atoms with Gasteiger partial charge in [-0.2, -0.15) is 0 Å². The number of ether oxygens (including phenoxy) is 2. The van der Waals surface area contributed by atoms with E-state index in [2.05, 4.69) is 10.6 Å². The van der Waals surface area contributed by atoms with E-state index in [-0.39, 0.29) is 25.2 Å². The number of aliphatic hydroxyl groups excluding tert-OH is 1. The predicted molar refractivity (Wildman–Crippen MR) is 159 cm³/mol. The highest BCUT2D eigenvalue weighted by Gasteiger charge is 2.25. The first-order chi connectivity index (χ1) is 19.9. The van der Waals surface area contributed by atoms with Gasteiger partial charge in [-0.3, -0.25) is 9.59 Å². The molecule has 8 nitrogen and oxygen atoms in total. The lowest BCUT2D eigenvalue weighted by atomic mass is 9.99. The highest BCUT2D eigenvalue weighted by molar-refractivity contribution is 6.00. The topological polar surface area (TPSA) is 100 Å². The molecule has 4 rings (SSSR count). The SMILES string of the molecule is CCCN(CCC)C(=O)c1cc(C)cc(C(=O)N[C@@H](Cc2ccc3c(c2)OCO3)[C@H](O)CNCc2ccccc2)c1. The predicted octanol–water partition coefficient (Wildman–Crippen LogP) is 4.48. The second-order valence-corrected chi connectivity index (χ2v) is 10.5. The van der Waals surface area contributed by atoms with Crippen molar-refractivity contribution in [3.05, 3.63) is 94.5 Å². The van der Waals surface area contributed by atoms with Crippen molar-refractivity contribution >= 4 is 11.8 Å². The second kappa shape index (κ2) is 14.7. The van der Waals surface area contributed by atoms with Crippen molar-refractivity contribution in [2.24, 2.45) is 0 Å². The number of carbonyl (C=O) groups is 2. The summed E-state index contributed by atoms with van der Waals surface area (Å²) in [5.41, 5.74) is 3.71. The maximum Gasteiger partial charge on any atom is 0.253 e. The first-order valence-electron chi connectivity index (χ1n) is 14.4. The van der Waals surface area contributed by atoms with Crippen LogP contribution in [0.25, 0.3) is 0 Å². The maximum absolute atomic E-state index is 13.6. The normalized spacial score (nSPS) is 13.5. The number of hydrogen-bond donors (Lipinski definition) is 3. The Labute approximate surface area is 242 Å². The first-order valence-corrected chi connectivity index (χ1v) is 14.4. The Hall–Kier alpha value is -3.88. The molecular weight excluding hydrogens is 518 g/mol. The molecule has 0 bridgehead atoms. The molecule has 3 aromatic rings. The lowest BCUT2D eigenvalue weighted by Gasteiger charge is -2.25. The number of hydrogen-bond acceptors (Lipinski definition) is 6. The Morgan fingerprint density at radius 1 is 0.902 bits per heavy atom. The summed E-state index contributed by atoms with van der Waals surface area (Å²) in [5.74, 6) is 0.910. The van der Waals surface area contributed by atoms with E-state index in [9.17, 15) is 14.7 Å². The highest BCUT2D eigenvalue weighted by atomic mass is 16.7. The third-order valence-electron chi connectivity index (χ3n) is 7.06. The van der Waals surface area contributed by atoms with Crippen molar-refractivity contribution in [2.45, 2.75) is 58.7 Å². The Balaban J connectivity index is 1.51. The van der Waals surface area contributed by atoms with Gasteiger partial charge in [0.05, 0.1) is 12.1 Å². The van der Waals surface area contributed by atoms with Crippen LogP contribution in [0.15, 0.2) is 66.7 Å². The molecule has 1 heterocycles. The molecule has 1 aliphatic heterocycles. The molecule has 0 saturated heterocycles. The van der Waals surface area contributed by atoms with Crippen molar-refractivity contribution in [3.63, 3.8) is 0 Å². The van der Waals surface area contributed by atoms with Crippen molar-refractivity contribution in [3.8, 4) is 11.5 Å². The number of aryl methyl sites for hydroxylation is 1. The van der Waals surface area contributed by atoms with Gasteiger partial charge in [-0.25, -0.2) is 0 Å². The van der Waals surface area contributed by atoms with Crippen LogP contribution in [0.2, 0.25) is 0 Å². The molecule has 2 amide bonds. The largest absolute Gasteiger partial charge is 0.454 e. The summed E-state index contributed by atoms with van der Waals surface area (Å²) in [4.78, 5) is 28.7. The van der Waals surface area contributed by atoms with Crippen molar-refractivity contribution in [1.82, 2.24) is 15.5 Å². The van der Waals surface area contributed by atoms with Crippen molar-refractivity contribution in [1.29, 1.82) is 0 Å². The molecule has 0 unspecified atom stereocenters. The average Bonchev–Trinajstić information content (AvgIpc) is 3.44. The lowest BCUT2D eigenvalue weighted by Crippen LogP contribution is -2.48. The Bertz CT molecular complexity index is 1310. The van der Waals surface area contributed by atoms with E-state index in [1.165, 1.54) is 0 Å². The van der Waals surface area contributed by atoms with Gasteiger partial charge in [0.15, 0.2) is 11.5 Å². The van der Waals surface area contributed by atoms with E-state index >= 15 is 0 Å². The zero-order valence-corrected chi connectivity index (χ0v) is 24.2. The van der Waals surface area contributed by atoms with E-state index in [4.69, 9.17) is 9.47 Å². The summed E-state index contributed by atoms with van der Waals surface area (Å²) in [6.45, 7) is 8.36. The van der Waals surface area contributed by atoms with Crippen LogP contribution in [0.5, 0.6) is 11.5 Å². The van der Waals surface area contributed by atoms with Crippen molar-refractivity contribution in [2.75, 3.05) is 26.4 Å². The number of fused-ring (bicyclic) bond motifs is 1. The summed E-state index contributed by atoms with van der Waals surface area (Å²) in [7, 11) is 0. The van der Waals surface area contributed by atoms with Crippen LogP contribution < -0.4 is 20.1 Å². The van der Waals surface area contributed by atoms with Crippen LogP contribution in [0.4, 0.5) is 0 Å². The monoisotopic (exact) mass is 559 g/mol. The quantitative estimate of drug-likeness (QED) is 0.269. The Morgan fingerprint density at radius 2 is 1.61 bits per heavy atom. The van der Waals surface area contributed by atoms with E-state index < -0.39 is 12.1 Å². The molecule has 1 aliphatic rings. The van der Waals surface area contributed by atoms with Gasteiger partial charge in [-0.1, -0.05) is 50.2 Å². The second-order valence-electron chi connectivity index (χ2n) is 10.5. The van der Waals surface area contributed by atoms with Crippen LogP contribution in [0, 0.1) is 6.92 Å². The van der Waals surface area contributed by atoms with Crippen LogP contribution in [-0.2, 0) is 13.0 Å². The molecule has 3 N–H and O–H groups in total. The van der Waals surface area contributed by atoms with Crippen molar-refractivity contribution < 1.29 is 24.2 Å². The van der Waals surface area contributed by atoms with E-state index in [1.807, 2.05) is 80.3 Å². The molecule has 0 fully saturated rings. The number of aliphatic hydroxyl groups is 1. The number of benzene rings is 3. The van der Waals surface area contributed by atoms with Gasteiger partial charge in [0.25, 0.3) is 11.8 Å². The van der Waals surface area contributed by atoms with Gasteiger partial charge in [0.1, 0.15) is 0 Å². The first kappa shape index (κ1) is 30.1. The van der Waals surface area contributed by atoms with Crippen LogP contribution in [0.3, 0.4) is 0 Å². The highest BCUT2D eigenvalue weighted by Crippen LogP contribution is 2.33. The molecule has 0 aliphatic carbocycles. The summed E-state index contributed by atoms with van der Waals surface area (Å²) in [5, 5.41) is 17.6. The molecule has 41 heavy (non-hydrogen) atoms. The molecule has 0 aromatic heterocycles. The summed E-state index contributed by atoms with van der Waals surface area (Å²) in [6.07, 6.45) is 1.24. The fraction of sp³-hybridized carbons (Fsp3) is 0.394. The molecule has 0 spiro atoms. The lowest BCUT2D eigenvalue weighted by molar-refractivity contribution is 0.0755. The van der Waals surface area contributed by atoms with E-state index in [0.717, 1.165) is 29.5 Å². The summed E-state index contributed by atoms with van der Waals surface area (Å²) < 4.78 is 11.0. The minimum atomic E-state index is -0.872. The molecule has 8 heteroatoms. The molecular formula is C33H41N3O5. The number of nitrogens with one attached hydrogen (secondary N) is 2. The van der Waals surface area contributed by atoms with Gasteiger partial charge in [-0.15, -0.1) is 0 Å². The Kier molecular flexibility index (Phi) is 10.8. The zero-order valence-electron chi connectivity index (χ0n) is 24.2. The van der Waals surface area contributed by atoms with E-state index in [1.54, 1.807) is 12.1 Å². The third-order valence-corrected chi connectivity index (χ3v) is 7.06. The minimum absolute atomic E-state index is 0.0755. The molecule has 3 aromatic carbocycles. The zero-order chi connectivity index (χ0) is 29.2. The number of nitrogens with zero attached hydrogens (tertiary/aromatic N) is 1. The molecule has 0 saturated carbocycles.